The Labute approximate surface area is 202 Å². The molecule has 0 spiro atoms. The molecule has 1 saturated heterocycles. The molecule has 4 heterocycles. The molecule has 0 bridgehead atoms. The molecule has 2 fully saturated rings. The number of nitrogens with zero attached hydrogens (tertiary/aromatic N) is 5. The van der Waals surface area contributed by atoms with E-state index in [0.717, 1.165) is 41.0 Å². The molecule has 1 N–H and O–H groups in total. The van der Waals surface area contributed by atoms with Crippen molar-refractivity contribution in [1.29, 1.82) is 0 Å². The van der Waals surface area contributed by atoms with Crippen molar-refractivity contribution in [3.8, 4) is 11.3 Å². The molecule has 3 aromatic heterocycles. The van der Waals surface area contributed by atoms with Gasteiger partial charge in [-0.15, -0.1) is 0 Å². The van der Waals surface area contributed by atoms with Crippen LogP contribution in [0, 0.1) is 0 Å². The number of imidazole rings is 1. The lowest BCUT2D eigenvalue weighted by atomic mass is 10.1. The zero-order chi connectivity index (χ0) is 23.9. The molecule has 35 heavy (non-hydrogen) atoms. The summed E-state index contributed by atoms with van der Waals surface area (Å²) < 4.78 is 8.83. The van der Waals surface area contributed by atoms with Crippen LogP contribution in [-0.4, -0.2) is 62.2 Å². The molecule has 1 aliphatic carbocycles. The highest BCUT2D eigenvalue weighted by molar-refractivity contribution is 6.11. The molecule has 9 nitrogen and oxygen atoms in total. The molecule has 178 valence electrons. The van der Waals surface area contributed by atoms with Crippen molar-refractivity contribution in [2.45, 2.75) is 18.8 Å². The lowest BCUT2D eigenvalue weighted by Gasteiger charge is -2.26. The van der Waals surface area contributed by atoms with Gasteiger partial charge in [-0.2, -0.15) is 5.10 Å². The number of benzene rings is 1. The number of morpholine rings is 1. The smallest absolute Gasteiger partial charge is 0.274 e. The first-order valence-electron chi connectivity index (χ1n) is 11.9. The third-order valence-electron chi connectivity index (χ3n) is 6.64. The number of fused-ring (bicyclic) bond motifs is 1. The first kappa shape index (κ1) is 21.5. The van der Waals surface area contributed by atoms with Gasteiger partial charge in [-0.25, -0.2) is 4.98 Å². The van der Waals surface area contributed by atoms with E-state index in [0.29, 0.717) is 37.8 Å². The summed E-state index contributed by atoms with van der Waals surface area (Å²) in [5.41, 5.74) is 5.01. The lowest BCUT2D eigenvalue weighted by Crippen LogP contribution is -2.41. The summed E-state index contributed by atoms with van der Waals surface area (Å²) in [7, 11) is 1.68. The van der Waals surface area contributed by atoms with Crippen LogP contribution in [0.4, 0.5) is 5.69 Å². The zero-order valence-electron chi connectivity index (χ0n) is 19.5. The Morgan fingerprint density at radius 1 is 1.09 bits per heavy atom. The predicted molar refractivity (Wildman–Crippen MR) is 130 cm³/mol. The topological polar surface area (TPSA) is 93.8 Å². The van der Waals surface area contributed by atoms with Crippen LogP contribution in [0.15, 0.2) is 55.0 Å². The highest BCUT2D eigenvalue weighted by Crippen LogP contribution is 2.44. The van der Waals surface area contributed by atoms with Crippen molar-refractivity contribution < 1.29 is 14.3 Å². The molecular formula is C26H26N6O3. The second-order valence-electron chi connectivity index (χ2n) is 9.06. The van der Waals surface area contributed by atoms with Crippen molar-refractivity contribution in [1.82, 2.24) is 24.1 Å². The number of pyridine rings is 1. The van der Waals surface area contributed by atoms with Crippen LogP contribution in [0.25, 0.3) is 16.9 Å². The maximum Gasteiger partial charge on any atom is 0.274 e. The number of ether oxygens (including phenoxy) is 1. The van der Waals surface area contributed by atoms with Gasteiger partial charge in [0.25, 0.3) is 11.8 Å². The van der Waals surface area contributed by atoms with E-state index < -0.39 is 0 Å². The number of aromatic nitrogens is 4. The molecule has 0 atom stereocenters. The highest BCUT2D eigenvalue weighted by Gasteiger charge is 2.30. The molecular weight excluding hydrogens is 444 g/mol. The van der Waals surface area contributed by atoms with E-state index in [1.54, 1.807) is 11.9 Å². The van der Waals surface area contributed by atoms with Gasteiger partial charge in [-0.3, -0.25) is 14.3 Å². The molecule has 0 radical (unpaired) electrons. The fourth-order valence-electron chi connectivity index (χ4n) is 4.61. The zero-order valence-corrected chi connectivity index (χ0v) is 19.5. The molecule has 1 aromatic carbocycles. The summed E-state index contributed by atoms with van der Waals surface area (Å²) in [6.45, 7) is 1.99. The van der Waals surface area contributed by atoms with Crippen molar-refractivity contribution in [2.24, 2.45) is 7.05 Å². The second-order valence-corrected chi connectivity index (χ2v) is 9.06. The fraction of sp³-hybridized carbons (Fsp3) is 0.308. The number of hydrogen-bond acceptors (Lipinski definition) is 5. The van der Waals surface area contributed by atoms with E-state index in [9.17, 15) is 9.59 Å². The normalized spacial score (nSPS) is 16.0. The van der Waals surface area contributed by atoms with Gasteiger partial charge in [0.15, 0.2) is 0 Å². The number of hydrogen-bond donors (Lipinski definition) is 1. The Kier molecular flexibility index (Phi) is 5.33. The van der Waals surface area contributed by atoms with E-state index in [1.807, 2.05) is 47.0 Å². The number of carbonyl (C=O) groups excluding carboxylic acids is 2. The third-order valence-corrected chi connectivity index (χ3v) is 6.64. The Hall–Kier alpha value is -3.98. The number of nitrogens with one attached hydrogen (secondary N) is 1. The summed E-state index contributed by atoms with van der Waals surface area (Å²) in [6.07, 6.45) is 7.72. The van der Waals surface area contributed by atoms with Gasteiger partial charge in [-0.05, 0) is 24.3 Å². The average molecular weight is 471 g/mol. The summed E-state index contributed by atoms with van der Waals surface area (Å²) in [4.78, 5) is 33.1. The van der Waals surface area contributed by atoms with E-state index in [1.165, 1.54) is 10.9 Å². The summed E-state index contributed by atoms with van der Waals surface area (Å²) in [5, 5.41) is 7.28. The van der Waals surface area contributed by atoms with Crippen molar-refractivity contribution in [3.05, 3.63) is 71.8 Å². The highest BCUT2D eigenvalue weighted by atomic mass is 16.5. The van der Waals surface area contributed by atoms with Gasteiger partial charge in [-0.1, -0.05) is 30.3 Å². The number of rotatable bonds is 5. The molecule has 2 amide bonds. The van der Waals surface area contributed by atoms with Crippen LogP contribution in [0.5, 0.6) is 0 Å². The molecule has 1 saturated carbocycles. The van der Waals surface area contributed by atoms with Crippen LogP contribution in [0.3, 0.4) is 0 Å². The Balaban J connectivity index is 1.33. The van der Waals surface area contributed by atoms with Gasteiger partial charge >= 0.3 is 0 Å². The van der Waals surface area contributed by atoms with Crippen molar-refractivity contribution >= 4 is 23.1 Å². The third kappa shape index (κ3) is 4.08. The van der Waals surface area contributed by atoms with Gasteiger partial charge in [0.05, 0.1) is 30.7 Å². The van der Waals surface area contributed by atoms with Gasteiger partial charge in [0.2, 0.25) is 0 Å². The Morgan fingerprint density at radius 3 is 2.60 bits per heavy atom. The first-order valence-corrected chi connectivity index (χ1v) is 11.9. The summed E-state index contributed by atoms with van der Waals surface area (Å²) in [5.74, 6) is -0.161. The minimum absolute atomic E-state index is 0.204. The number of anilines is 1. The van der Waals surface area contributed by atoms with Gasteiger partial charge in [0.1, 0.15) is 11.3 Å². The van der Waals surface area contributed by atoms with Gasteiger partial charge < -0.3 is 19.4 Å². The summed E-state index contributed by atoms with van der Waals surface area (Å²) >= 11 is 0. The molecule has 1 aliphatic heterocycles. The molecule has 2 aliphatic rings. The monoisotopic (exact) mass is 470 g/mol. The van der Waals surface area contributed by atoms with Crippen LogP contribution >= 0.6 is 0 Å². The van der Waals surface area contributed by atoms with Crippen LogP contribution in [-0.2, 0) is 11.8 Å². The standard InChI is InChI=1S/C26H26N6O3/c1-30-24(19(14-27-30)26(34)31-9-11-35-12-10-31)25(33)29-21-13-23-28-22(18-5-3-2-4-6-18)16-32(23)15-20(21)17-7-8-17/h2-6,13-17H,7-12H2,1H3,(H,29,33). The fourth-order valence-corrected chi connectivity index (χ4v) is 4.61. The van der Waals surface area contributed by atoms with Crippen LogP contribution < -0.4 is 5.32 Å². The first-order chi connectivity index (χ1) is 17.1. The van der Waals surface area contributed by atoms with E-state index in [-0.39, 0.29) is 17.5 Å². The average Bonchev–Trinajstić information content (AvgIpc) is 3.53. The van der Waals surface area contributed by atoms with E-state index in [4.69, 9.17) is 9.72 Å². The number of aryl methyl sites for hydroxylation is 1. The minimum Gasteiger partial charge on any atom is -0.378 e. The minimum atomic E-state index is -0.359. The SMILES string of the molecule is Cn1ncc(C(=O)N2CCOCC2)c1C(=O)Nc1cc2nc(-c3ccccc3)cn2cc1C1CC1. The van der Waals surface area contributed by atoms with Gasteiger partial charge in [0, 0.05) is 49.8 Å². The van der Waals surface area contributed by atoms with Crippen molar-refractivity contribution in [2.75, 3.05) is 31.6 Å². The maximum absolute atomic E-state index is 13.5. The van der Waals surface area contributed by atoms with Crippen molar-refractivity contribution in [3.63, 3.8) is 0 Å². The Morgan fingerprint density at radius 2 is 1.86 bits per heavy atom. The van der Waals surface area contributed by atoms with Crippen LogP contribution in [0.2, 0.25) is 0 Å². The van der Waals surface area contributed by atoms with Crippen LogP contribution in [0.1, 0.15) is 45.2 Å². The molecule has 9 heteroatoms. The number of amides is 2. The lowest BCUT2D eigenvalue weighted by molar-refractivity contribution is 0.0302. The molecule has 0 unspecified atom stereocenters. The second kappa shape index (κ2) is 8.66. The number of carbonyl (C=O) groups is 2. The van der Waals surface area contributed by atoms with E-state index in [2.05, 4.69) is 16.6 Å². The molecule has 4 aromatic rings. The molecule has 6 rings (SSSR count). The van der Waals surface area contributed by atoms with E-state index >= 15 is 0 Å². The largest absolute Gasteiger partial charge is 0.378 e. The Bertz CT molecular complexity index is 1410. The predicted octanol–water partition coefficient (Wildman–Crippen LogP) is 3.34. The quantitative estimate of drug-likeness (QED) is 0.483. The summed E-state index contributed by atoms with van der Waals surface area (Å²) in [6, 6.07) is 11.9. The maximum atomic E-state index is 13.5.